The number of nitrogens with zero attached hydrogens (tertiary/aromatic N) is 2. The molecule has 2 nitrogen and oxygen atoms in total. The Balaban J connectivity index is 2.20. The fourth-order valence-electron chi connectivity index (χ4n) is 2.81. The van der Waals surface area contributed by atoms with Crippen LogP contribution < -0.4 is 0 Å². The molecule has 0 spiro atoms. The van der Waals surface area contributed by atoms with Gasteiger partial charge in [-0.25, -0.2) is 4.98 Å². The summed E-state index contributed by atoms with van der Waals surface area (Å²) in [4.78, 5) is 4.64. The zero-order valence-corrected chi connectivity index (χ0v) is 11.0. The number of aromatic nitrogens is 2. The molecule has 0 saturated heterocycles. The van der Waals surface area contributed by atoms with Gasteiger partial charge in [-0.05, 0) is 38.0 Å². The molecule has 1 heterocycles. The van der Waals surface area contributed by atoms with Crippen molar-refractivity contribution >= 4 is 27.0 Å². The molecule has 1 fully saturated rings. The van der Waals surface area contributed by atoms with Crippen molar-refractivity contribution in [2.75, 3.05) is 0 Å². The van der Waals surface area contributed by atoms with Gasteiger partial charge < -0.3 is 4.57 Å². The summed E-state index contributed by atoms with van der Waals surface area (Å²) in [6.45, 7) is 2.12. The number of fused-ring (bicyclic) bond motifs is 1. The van der Waals surface area contributed by atoms with E-state index >= 15 is 0 Å². The summed E-state index contributed by atoms with van der Waals surface area (Å²) >= 11 is 3.54. The monoisotopic (exact) mass is 278 g/mol. The molecule has 1 saturated carbocycles. The molecule has 84 valence electrons. The van der Waals surface area contributed by atoms with E-state index in [0.717, 1.165) is 15.8 Å². The van der Waals surface area contributed by atoms with Crippen molar-refractivity contribution < 1.29 is 0 Å². The van der Waals surface area contributed by atoms with Crippen molar-refractivity contribution in [3.63, 3.8) is 0 Å². The zero-order chi connectivity index (χ0) is 11.1. The first-order chi connectivity index (χ1) is 7.75. The average Bonchev–Trinajstić information content (AvgIpc) is 2.83. The van der Waals surface area contributed by atoms with Gasteiger partial charge in [-0.3, -0.25) is 0 Å². The van der Waals surface area contributed by atoms with E-state index in [1.807, 2.05) is 0 Å². The Morgan fingerprint density at radius 2 is 2.06 bits per heavy atom. The fourth-order valence-corrected chi connectivity index (χ4v) is 3.16. The Labute approximate surface area is 104 Å². The molecule has 0 N–H and O–H groups in total. The summed E-state index contributed by atoms with van der Waals surface area (Å²) < 4.78 is 3.56. The first-order valence-electron chi connectivity index (χ1n) is 5.90. The quantitative estimate of drug-likeness (QED) is 0.764. The average molecular weight is 279 g/mol. The maximum atomic E-state index is 4.64. The molecule has 1 aromatic carbocycles. The summed E-state index contributed by atoms with van der Waals surface area (Å²) in [5.74, 6) is 1.15. The SMILES string of the molecule is Cc1nc2ccc(Br)cc2n1C1CCCC1. The van der Waals surface area contributed by atoms with E-state index in [1.165, 1.54) is 31.2 Å². The van der Waals surface area contributed by atoms with Crippen molar-refractivity contribution in [1.29, 1.82) is 0 Å². The lowest BCUT2D eigenvalue weighted by atomic mass is 10.2. The molecular formula is C13H15BrN2. The van der Waals surface area contributed by atoms with Gasteiger partial charge in [0.25, 0.3) is 0 Å². The maximum absolute atomic E-state index is 4.64. The number of hydrogen-bond acceptors (Lipinski definition) is 1. The Bertz CT molecular complexity index is 524. The van der Waals surface area contributed by atoms with Crippen molar-refractivity contribution in [1.82, 2.24) is 9.55 Å². The first kappa shape index (κ1) is 10.3. The van der Waals surface area contributed by atoms with Crippen molar-refractivity contribution in [3.8, 4) is 0 Å². The molecule has 0 radical (unpaired) electrons. The van der Waals surface area contributed by atoms with E-state index in [-0.39, 0.29) is 0 Å². The van der Waals surface area contributed by atoms with Crippen molar-refractivity contribution in [2.24, 2.45) is 0 Å². The van der Waals surface area contributed by atoms with Crippen LogP contribution in [0.5, 0.6) is 0 Å². The first-order valence-corrected chi connectivity index (χ1v) is 6.69. The van der Waals surface area contributed by atoms with E-state index in [4.69, 9.17) is 0 Å². The number of halogens is 1. The highest BCUT2D eigenvalue weighted by Crippen LogP contribution is 2.34. The Hall–Kier alpha value is -0.830. The lowest BCUT2D eigenvalue weighted by Gasteiger charge is -2.14. The summed E-state index contributed by atoms with van der Waals surface area (Å²) in [7, 11) is 0. The Morgan fingerprint density at radius 3 is 2.81 bits per heavy atom. The predicted molar refractivity (Wildman–Crippen MR) is 69.7 cm³/mol. The molecule has 0 amide bonds. The third kappa shape index (κ3) is 1.58. The third-order valence-corrected chi connectivity index (χ3v) is 4.01. The van der Waals surface area contributed by atoms with Gasteiger partial charge in [-0.15, -0.1) is 0 Å². The maximum Gasteiger partial charge on any atom is 0.106 e. The predicted octanol–water partition coefficient (Wildman–Crippen LogP) is 4.22. The Morgan fingerprint density at radius 1 is 1.31 bits per heavy atom. The minimum atomic E-state index is 0.666. The summed E-state index contributed by atoms with van der Waals surface area (Å²) in [5, 5.41) is 0. The minimum Gasteiger partial charge on any atom is -0.325 e. The van der Waals surface area contributed by atoms with Crippen molar-refractivity contribution in [3.05, 3.63) is 28.5 Å². The van der Waals surface area contributed by atoms with Gasteiger partial charge in [-0.2, -0.15) is 0 Å². The lowest BCUT2D eigenvalue weighted by molar-refractivity contribution is 0.520. The van der Waals surface area contributed by atoms with Crippen LogP contribution in [-0.4, -0.2) is 9.55 Å². The van der Waals surface area contributed by atoms with Crippen LogP contribution in [0.15, 0.2) is 22.7 Å². The molecule has 3 heteroatoms. The van der Waals surface area contributed by atoms with Crippen LogP contribution in [0.2, 0.25) is 0 Å². The van der Waals surface area contributed by atoms with Crippen LogP contribution in [-0.2, 0) is 0 Å². The summed E-state index contributed by atoms with van der Waals surface area (Å²) in [6, 6.07) is 7.01. The second-order valence-corrected chi connectivity index (χ2v) is 5.52. The largest absolute Gasteiger partial charge is 0.325 e. The topological polar surface area (TPSA) is 17.8 Å². The van der Waals surface area contributed by atoms with Gasteiger partial charge in [0.1, 0.15) is 5.82 Å². The summed E-state index contributed by atoms with van der Waals surface area (Å²) in [6.07, 6.45) is 5.33. The molecule has 3 rings (SSSR count). The molecular weight excluding hydrogens is 264 g/mol. The van der Waals surface area contributed by atoms with Gasteiger partial charge >= 0.3 is 0 Å². The zero-order valence-electron chi connectivity index (χ0n) is 9.41. The standard InChI is InChI=1S/C13H15BrN2/c1-9-15-12-7-6-10(14)8-13(12)16(9)11-4-2-3-5-11/h6-8,11H,2-5H2,1H3. The molecule has 0 unspecified atom stereocenters. The van der Waals surface area contributed by atoms with Crippen molar-refractivity contribution in [2.45, 2.75) is 38.6 Å². The van der Waals surface area contributed by atoms with Crippen LogP contribution >= 0.6 is 15.9 Å². The van der Waals surface area contributed by atoms with Gasteiger partial charge in [0.2, 0.25) is 0 Å². The number of hydrogen-bond donors (Lipinski definition) is 0. The highest BCUT2D eigenvalue weighted by atomic mass is 79.9. The van der Waals surface area contributed by atoms with Crippen LogP contribution in [0.3, 0.4) is 0 Å². The summed E-state index contributed by atoms with van der Waals surface area (Å²) in [5.41, 5.74) is 2.39. The van der Waals surface area contributed by atoms with Gasteiger partial charge in [0.15, 0.2) is 0 Å². The van der Waals surface area contributed by atoms with Gasteiger partial charge in [0.05, 0.1) is 11.0 Å². The third-order valence-electron chi connectivity index (χ3n) is 3.52. The van der Waals surface area contributed by atoms with Gasteiger partial charge in [-0.1, -0.05) is 28.8 Å². The van der Waals surface area contributed by atoms with Crippen LogP contribution in [0.1, 0.15) is 37.5 Å². The van der Waals surface area contributed by atoms with E-state index in [0.29, 0.717) is 6.04 Å². The molecule has 1 aromatic heterocycles. The highest BCUT2D eigenvalue weighted by Gasteiger charge is 2.20. The molecule has 0 atom stereocenters. The van der Waals surface area contributed by atoms with E-state index in [1.54, 1.807) is 0 Å². The fraction of sp³-hybridized carbons (Fsp3) is 0.462. The second kappa shape index (κ2) is 3.88. The minimum absolute atomic E-state index is 0.666. The molecule has 1 aliphatic carbocycles. The number of rotatable bonds is 1. The molecule has 0 aliphatic heterocycles. The van der Waals surface area contributed by atoms with E-state index < -0.39 is 0 Å². The number of imidazole rings is 1. The molecule has 1 aliphatic rings. The lowest BCUT2D eigenvalue weighted by Crippen LogP contribution is -2.06. The van der Waals surface area contributed by atoms with Gasteiger partial charge in [0, 0.05) is 10.5 Å². The number of benzene rings is 1. The van der Waals surface area contributed by atoms with E-state index in [9.17, 15) is 0 Å². The van der Waals surface area contributed by atoms with Crippen LogP contribution in [0.25, 0.3) is 11.0 Å². The highest BCUT2D eigenvalue weighted by molar-refractivity contribution is 9.10. The molecule has 2 aromatic rings. The normalized spacial score (nSPS) is 17.4. The van der Waals surface area contributed by atoms with E-state index in [2.05, 4.69) is 50.6 Å². The number of aryl methyl sites for hydroxylation is 1. The van der Waals surface area contributed by atoms with Crippen LogP contribution in [0.4, 0.5) is 0 Å². The second-order valence-electron chi connectivity index (χ2n) is 4.60. The van der Waals surface area contributed by atoms with Crippen LogP contribution in [0, 0.1) is 6.92 Å². The molecule has 0 bridgehead atoms. The smallest absolute Gasteiger partial charge is 0.106 e. The molecule has 16 heavy (non-hydrogen) atoms. The Kier molecular flexibility index (Phi) is 2.51.